The number of rotatable bonds is 2. The quantitative estimate of drug-likeness (QED) is 0.521. The molecule has 0 atom stereocenters. The maximum Gasteiger partial charge on any atom is 0.138 e. The van der Waals surface area contributed by atoms with Gasteiger partial charge in [0.2, 0.25) is 0 Å². The molecular weight excluding hydrogens is 368 g/mol. The molecule has 5 heteroatoms. The molecule has 1 aliphatic heterocycles. The molecule has 1 N–H and O–H groups in total. The molecule has 5 rings (SSSR count). The van der Waals surface area contributed by atoms with E-state index in [1.165, 1.54) is 6.07 Å². The molecule has 3 nitrogen and oxygen atoms in total. The molecule has 142 valence electrons. The average Bonchev–Trinajstić information content (AvgIpc) is 2.96. The molecule has 2 heterocycles. The van der Waals surface area contributed by atoms with Gasteiger partial charge in [0.05, 0.1) is 5.69 Å². The minimum Gasteiger partial charge on any atom is -0.309 e. The summed E-state index contributed by atoms with van der Waals surface area (Å²) in [5.74, 6) is -0.696. The molecule has 0 spiro atoms. The molecular formula is C24H17F2N3. The fraction of sp³-hybridized carbons (Fsp3) is 0.0833. The van der Waals surface area contributed by atoms with Crippen LogP contribution in [0.2, 0.25) is 0 Å². The zero-order valence-electron chi connectivity index (χ0n) is 15.5. The Hall–Kier alpha value is -3.44. The van der Waals surface area contributed by atoms with Crippen LogP contribution in [0.15, 0.2) is 72.9 Å². The number of hydrogen-bond donors (Lipinski definition) is 1. The fourth-order valence-electron chi connectivity index (χ4n) is 3.84. The molecule has 1 aliphatic rings. The summed E-state index contributed by atoms with van der Waals surface area (Å²) < 4.78 is 30.4. The Morgan fingerprint density at radius 2 is 1.76 bits per heavy atom. The molecule has 0 saturated heterocycles. The average molecular weight is 385 g/mol. The van der Waals surface area contributed by atoms with Crippen LogP contribution >= 0.6 is 0 Å². The van der Waals surface area contributed by atoms with Crippen molar-refractivity contribution in [2.24, 2.45) is 0 Å². The molecule has 0 unspecified atom stereocenters. The number of benzene rings is 3. The summed E-state index contributed by atoms with van der Waals surface area (Å²) in [5.41, 5.74) is 3.61. The van der Waals surface area contributed by atoms with E-state index in [0.29, 0.717) is 46.4 Å². The fourth-order valence-corrected chi connectivity index (χ4v) is 3.84. The van der Waals surface area contributed by atoms with Gasteiger partial charge in [-0.3, -0.25) is 0 Å². The van der Waals surface area contributed by atoms with Crippen LogP contribution in [0.25, 0.3) is 27.6 Å². The van der Waals surface area contributed by atoms with E-state index >= 15 is 8.78 Å². The van der Waals surface area contributed by atoms with Crippen molar-refractivity contribution in [3.05, 3.63) is 101 Å². The van der Waals surface area contributed by atoms with Crippen LogP contribution in [0.5, 0.6) is 0 Å². The van der Waals surface area contributed by atoms with E-state index < -0.39 is 5.82 Å². The predicted molar refractivity (Wildman–Crippen MR) is 110 cm³/mol. The predicted octanol–water partition coefficient (Wildman–Crippen LogP) is 5.11. The van der Waals surface area contributed by atoms with Gasteiger partial charge in [0.25, 0.3) is 0 Å². The van der Waals surface area contributed by atoms with Crippen molar-refractivity contribution in [1.29, 1.82) is 0 Å². The van der Waals surface area contributed by atoms with Crippen molar-refractivity contribution < 1.29 is 8.78 Å². The molecule has 1 aromatic heterocycles. The van der Waals surface area contributed by atoms with Crippen molar-refractivity contribution in [3.8, 4) is 11.3 Å². The number of aromatic nitrogens is 2. The van der Waals surface area contributed by atoms with Crippen molar-refractivity contribution in [2.45, 2.75) is 6.54 Å². The Morgan fingerprint density at radius 1 is 0.862 bits per heavy atom. The molecule has 29 heavy (non-hydrogen) atoms. The van der Waals surface area contributed by atoms with Crippen molar-refractivity contribution in [3.63, 3.8) is 0 Å². The maximum atomic E-state index is 15.4. The number of nitrogens with zero attached hydrogens (tertiary/aromatic N) is 2. The normalized spacial score (nSPS) is 13.7. The minimum absolute atomic E-state index is 0.291. The van der Waals surface area contributed by atoms with Crippen molar-refractivity contribution in [2.75, 3.05) is 6.54 Å². The lowest BCUT2D eigenvalue weighted by atomic mass is 9.90. The molecule has 4 aromatic rings. The van der Waals surface area contributed by atoms with Gasteiger partial charge < -0.3 is 5.32 Å². The summed E-state index contributed by atoms with van der Waals surface area (Å²) in [7, 11) is 0. The monoisotopic (exact) mass is 385 g/mol. The van der Waals surface area contributed by atoms with Gasteiger partial charge in [-0.15, -0.1) is 0 Å². The van der Waals surface area contributed by atoms with Crippen LogP contribution in [0.4, 0.5) is 8.78 Å². The van der Waals surface area contributed by atoms with E-state index in [9.17, 15) is 0 Å². The van der Waals surface area contributed by atoms with Gasteiger partial charge in [-0.1, -0.05) is 42.5 Å². The zero-order chi connectivity index (χ0) is 19.8. The van der Waals surface area contributed by atoms with E-state index in [1.807, 2.05) is 30.3 Å². The van der Waals surface area contributed by atoms with E-state index in [1.54, 1.807) is 36.5 Å². The van der Waals surface area contributed by atoms with Crippen LogP contribution in [-0.4, -0.2) is 16.7 Å². The first-order valence-corrected chi connectivity index (χ1v) is 9.42. The van der Waals surface area contributed by atoms with Crippen molar-refractivity contribution in [1.82, 2.24) is 15.5 Å². The Bertz CT molecular complexity index is 1250. The summed E-state index contributed by atoms with van der Waals surface area (Å²) in [6.45, 7) is 1.12. The lowest BCUT2D eigenvalue weighted by Gasteiger charge is -2.15. The van der Waals surface area contributed by atoms with Crippen LogP contribution in [0.3, 0.4) is 0 Å². The highest BCUT2D eigenvalue weighted by molar-refractivity contribution is 5.91. The van der Waals surface area contributed by atoms with Crippen LogP contribution < -0.4 is 5.32 Å². The van der Waals surface area contributed by atoms with E-state index in [0.717, 1.165) is 10.9 Å². The van der Waals surface area contributed by atoms with Gasteiger partial charge >= 0.3 is 0 Å². The molecule has 0 radical (unpaired) electrons. The smallest absolute Gasteiger partial charge is 0.138 e. The first-order chi connectivity index (χ1) is 14.2. The molecule has 0 saturated carbocycles. The first kappa shape index (κ1) is 17.6. The third kappa shape index (κ3) is 3.09. The Labute approximate surface area is 166 Å². The minimum atomic E-state index is -0.404. The highest BCUT2D eigenvalue weighted by Gasteiger charge is 2.20. The highest BCUT2D eigenvalue weighted by atomic mass is 19.1. The summed E-state index contributed by atoms with van der Waals surface area (Å²) in [5, 5.41) is 12.6. The van der Waals surface area contributed by atoms with E-state index in [-0.39, 0.29) is 5.82 Å². The van der Waals surface area contributed by atoms with Crippen molar-refractivity contribution >= 4 is 16.3 Å². The van der Waals surface area contributed by atoms with Gasteiger partial charge in [-0.05, 0) is 46.4 Å². The maximum absolute atomic E-state index is 15.4. The second-order valence-electron chi connectivity index (χ2n) is 7.00. The Morgan fingerprint density at radius 3 is 2.62 bits per heavy atom. The Kier molecular flexibility index (Phi) is 4.37. The lowest BCUT2D eigenvalue weighted by molar-refractivity contribution is 0.627. The molecule has 0 fully saturated rings. The van der Waals surface area contributed by atoms with Crippen LogP contribution in [0.1, 0.15) is 16.7 Å². The van der Waals surface area contributed by atoms with Crippen LogP contribution in [0, 0.1) is 11.6 Å². The van der Waals surface area contributed by atoms with Gasteiger partial charge in [0, 0.05) is 35.8 Å². The highest BCUT2D eigenvalue weighted by Crippen LogP contribution is 2.35. The van der Waals surface area contributed by atoms with E-state index in [2.05, 4.69) is 15.5 Å². The second kappa shape index (κ2) is 7.18. The molecule has 0 aliphatic carbocycles. The lowest BCUT2D eigenvalue weighted by Crippen LogP contribution is -2.11. The molecule has 0 amide bonds. The zero-order valence-corrected chi connectivity index (χ0v) is 15.5. The SMILES string of the molecule is Fc1cc2c(cc1-c1cccnn1)CNCC=C2c1ccc2ccccc2c1F. The summed E-state index contributed by atoms with van der Waals surface area (Å²) in [6, 6.07) is 17.7. The first-order valence-electron chi connectivity index (χ1n) is 9.42. The van der Waals surface area contributed by atoms with Gasteiger partial charge in [-0.25, -0.2) is 8.78 Å². The van der Waals surface area contributed by atoms with E-state index in [4.69, 9.17) is 0 Å². The topological polar surface area (TPSA) is 37.8 Å². The Balaban J connectivity index is 1.69. The van der Waals surface area contributed by atoms with Gasteiger partial charge in [0.15, 0.2) is 0 Å². The second-order valence-corrected chi connectivity index (χ2v) is 7.00. The number of fused-ring (bicyclic) bond motifs is 2. The third-order valence-electron chi connectivity index (χ3n) is 5.25. The number of hydrogen-bond acceptors (Lipinski definition) is 3. The molecule has 0 bridgehead atoms. The van der Waals surface area contributed by atoms with Crippen LogP contribution in [-0.2, 0) is 6.54 Å². The number of nitrogens with one attached hydrogen (secondary N) is 1. The molecule has 3 aromatic carbocycles. The summed E-state index contributed by atoms with van der Waals surface area (Å²) in [4.78, 5) is 0. The van der Waals surface area contributed by atoms with Gasteiger partial charge in [0.1, 0.15) is 11.6 Å². The largest absolute Gasteiger partial charge is 0.309 e. The third-order valence-corrected chi connectivity index (χ3v) is 5.25. The van der Waals surface area contributed by atoms with Gasteiger partial charge in [-0.2, -0.15) is 10.2 Å². The standard InChI is InChI=1S/C24H17F2N3/c25-22-13-20-16(12-21(22)23-6-3-10-28-29-23)14-27-11-9-18(20)19-8-7-15-4-1-2-5-17(15)24(19)26/h1-10,12-13,27H,11,14H2. The summed E-state index contributed by atoms with van der Waals surface area (Å²) >= 11 is 0. The summed E-state index contributed by atoms with van der Waals surface area (Å²) in [6.07, 6.45) is 3.47. The number of halogens is 2.